The second-order valence-electron chi connectivity index (χ2n) is 8.06. The molecule has 3 heteroatoms. The zero-order valence-corrected chi connectivity index (χ0v) is 17.9. The molecule has 1 saturated heterocycles. The summed E-state index contributed by atoms with van der Waals surface area (Å²) in [4.78, 5) is 12.1. The van der Waals surface area contributed by atoms with Crippen LogP contribution >= 0.6 is 0 Å². The van der Waals surface area contributed by atoms with Crippen LogP contribution in [0.1, 0.15) is 76.9 Å². The van der Waals surface area contributed by atoms with Crippen molar-refractivity contribution >= 4 is 5.97 Å². The van der Waals surface area contributed by atoms with Gasteiger partial charge < -0.3 is 9.47 Å². The molecule has 0 aliphatic carbocycles. The van der Waals surface area contributed by atoms with Crippen LogP contribution in [-0.4, -0.2) is 12.6 Å². The number of hydrogen-bond acceptors (Lipinski definition) is 3. The van der Waals surface area contributed by atoms with Crippen molar-refractivity contribution < 1.29 is 14.3 Å². The number of carbonyl (C=O) groups excluding carboxylic acids is 1. The SMILES string of the molecule is CCCCCCOc1ccc(-c2ccc(C3CC(CCCC)C(=O)O3)cc2)cc1. The summed E-state index contributed by atoms with van der Waals surface area (Å²) < 4.78 is 11.5. The van der Waals surface area contributed by atoms with Gasteiger partial charge in [0.15, 0.2) is 0 Å². The largest absolute Gasteiger partial charge is 0.494 e. The molecule has 2 aromatic rings. The van der Waals surface area contributed by atoms with Crippen molar-refractivity contribution in [3.8, 4) is 16.9 Å². The number of unbranched alkanes of at least 4 members (excludes halogenated alkanes) is 4. The normalized spacial score (nSPS) is 18.6. The molecule has 1 aliphatic rings. The highest BCUT2D eigenvalue weighted by molar-refractivity contribution is 5.75. The van der Waals surface area contributed by atoms with E-state index in [4.69, 9.17) is 9.47 Å². The van der Waals surface area contributed by atoms with Crippen molar-refractivity contribution in [2.45, 2.75) is 71.3 Å². The smallest absolute Gasteiger partial charge is 0.309 e. The van der Waals surface area contributed by atoms with Crippen LogP contribution in [0.5, 0.6) is 5.75 Å². The molecule has 0 spiro atoms. The summed E-state index contributed by atoms with van der Waals surface area (Å²) in [6, 6.07) is 16.7. The third-order valence-corrected chi connectivity index (χ3v) is 5.73. The lowest BCUT2D eigenvalue weighted by molar-refractivity contribution is -0.144. The number of benzene rings is 2. The van der Waals surface area contributed by atoms with Crippen LogP contribution < -0.4 is 4.74 Å². The number of hydrogen-bond donors (Lipinski definition) is 0. The zero-order chi connectivity index (χ0) is 20.5. The molecule has 0 aromatic heterocycles. The third-order valence-electron chi connectivity index (χ3n) is 5.73. The Morgan fingerprint density at radius 3 is 2.17 bits per heavy atom. The summed E-state index contributed by atoms with van der Waals surface area (Å²) in [6.07, 6.45) is 8.73. The number of carbonyl (C=O) groups is 1. The molecule has 3 nitrogen and oxygen atoms in total. The van der Waals surface area contributed by atoms with E-state index in [-0.39, 0.29) is 18.0 Å². The minimum absolute atomic E-state index is 0.0298. The van der Waals surface area contributed by atoms with E-state index in [0.717, 1.165) is 55.6 Å². The lowest BCUT2D eigenvalue weighted by Crippen LogP contribution is -2.06. The highest BCUT2D eigenvalue weighted by Crippen LogP contribution is 2.36. The van der Waals surface area contributed by atoms with Crippen molar-refractivity contribution in [1.29, 1.82) is 0 Å². The zero-order valence-electron chi connectivity index (χ0n) is 17.9. The molecular weight excluding hydrogens is 360 g/mol. The van der Waals surface area contributed by atoms with Gasteiger partial charge >= 0.3 is 5.97 Å². The number of ether oxygens (including phenoxy) is 2. The van der Waals surface area contributed by atoms with Gasteiger partial charge in [0.2, 0.25) is 0 Å². The molecule has 0 N–H and O–H groups in total. The van der Waals surface area contributed by atoms with Crippen molar-refractivity contribution in [2.24, 2.45) is 5.92 Å². The van der Waals surface area contributed by atoms with Gasteiger partial charge in [0.05, 0.1) is 12.5 Å². The summed E-state index contributed by atoms with van der Waals surface area (Å²) in [5, 5.41) is 0. The van der Waals surface area contributed by atoms with Gasteiger partial charge in [-0.3, -0.25) is 4.79 Å². The Kier molecular flexibility index (Phi) is 8.15. The first kappa shape index (κ1) is 21.4. The van der Waals surface area contributed by atoms with E-state index >= 15 is 0 Å². The summed E-state index contributed by atoms with van der Waals surface area (Å²) in [5.74, 6) is 0.963. The predicted octanol–water partition coefficient (Wildman–Crippen LogP) is 7.11. The molecule has 29 heavy (non-hydrogen) atoms. The molecule has 2 unspecified atom stereocenters. The Bertz CT molecular complexity index is 749. The van der Waals surface area contributed by atoms with Gasteiger partial charge in [-0.25, -0.2) is 0 Å². The molecule has 0 amide bonds. The van der Waals surface area contributed by atoms with Crippen LogP contribution in [0, 0.1) is 5.92 Å². The Hall–Kier alpha value is -2.29. The second-order valence-corrected chi connectivity index (χ2v) is 8.06. The third kappa shape index (κ3) is 6.09. The maximum Gasteiger partial charge on any atom is 0.309 e. The topological polar surface area (TPSA) is 35.5 Å². The van der Waals surface area contributed by atoms with Crippen molar-refractivity contribution in [3.05, 3.63) is 54.1 Å². The van der Waals surface area contributed by atoms with E-state index < -0.39 is 0 Å². The summed E-state index contributed by atoms with van der Waals surface area (Å²) >= 11 is 0. The molecular formula is C26H34O3. The van der Waals surface area contributed by atoms with Gasteiger partial charge in [-0.1, -0.05) is 82.3 Å². The molecule has 0 saturated carbocycles. The van der Waals surface area contributed by atoms with Crippen LogP contribution in [0.3, 0.4) is 0 Å². The summed E-state index contributed by atoms with van der Waals surface area (Å²) in [5.41, 5.74) is 3.42. The first-order chi connectivity index (χ1) is 14.2. The summed E-state index contributed by atoms with van der Waals surface area (Å²) in [7, 11) is 0. The fourth-order valence-corrected chi connectivity index (χ4v) is 3.88. The first-order valence-electron chi connectivity index (χ1n) is 11.2. The van der Waals surface area contributed by atoms with Crippen LogP contribution in [0.25, 0.3) is 11.1 Å². The van der Waals surface area contributed by atoms with Crippen molar-refractivity contribution in [1.82, 2.24) is 0 Å². The fourth-order valence-electron chi connectivity index (χ4n) is 3.88. The van der Waals surface area contributed by atoms with Gasteiger partial charge in [-0.2, -0.15) is 0 Å². The lowest BCUT2D eigenvalue weighted by atomic mass is 9.94. The average Bonchev–Trinajstić information content (AvgIpc) is 3.13. The summed E-state index contributed by atoms with van der Waals surface area (Å²) in [6.45, 7) is 5.16. The molecule has 156 valence electrons. The predicted molar refractivity (Wildman–Crippen MR) is 118 cm³/mol. The molecule has 3 rings (SSSR count). The highest BCUT2D eigenvalue weighted by Gasteiger charge is 2.34. The number of rotatable bonds is 11. The number of cyclic esters (lactones) is 1. The Balaban J connectivity index is 1.54. The minimum Gasteiger partial charge on any atom is -0.494 e. The van der Waals surface area contributed by atoms with E-state index in [1.165, 1.54) is 24.8 Å². The van der Waals surface area contributed by atoms with Gasteiger partial charge in [-0.15, -0.1) is 0 Å². The lowest BCUT2D eigenvalue weighted by Gasteiger charge is -2.11. The van der Waals surface area contributed by atoms with Crippen molar-refractivity contribution in [2.75, 3.05) is 6.61 Å². The van der Waals surface area contributed by atoms with Gasteiger partial charge in [0, 0.05) is 6.42 Å². The second kappa shape index (κ2) is 11.0. The van der Waals surface area contributed by atoms with E-state index in [9.17, 15) is 4.79 Å². The van der Waals surface area contributed by atoms with Crippen LogP contribution in [0.15, 0.2) is 48.5 Å². The Morgan fingerprint density at radius 1 is 0.862 bits per heavy atom. The molecule has 2 atom stereocenters. The maximum absolute atomic E-state index is 12.1. The van der Waals surface area contributed by atoms with Gasteiger partial charge in [0.25, 0.3) is 0 Å². The van der Waals surface area contributed by atoms with Crippen LogP contribution in [0.2, 0.25) is 0 Å². The monoisotopic (exact) mass is 394 g/mol. The molecule has 1 aliphatic heterocycles. The molecule has 1 fully saturated rings. The molecule has 0 bridgehead atoms. The van der Waals surface area contributed by atoms with Gasteiger partial charge in [0.1, 0.15) is 11.9 Å². The highest BCUT2D eigenvalue weighted by atomic mass is 16.6. The van der Waals surface area contributed by atoms with Crippen LogP contribution in [0.4, 0.5) is 0 Å². The standard InChI is InChI=1S/C26H34O3/c1-3-5-7-8-18-28-24-16-14-21(15-17-24)20-10-12-22(13-11-20)25-19-23(9-6-4-2)26(27)29-25/h10-17,23,25H,3-9,18-19H2,1-2H3. The molecule has 2 aromatic carbocycles. The van der Waals surface area contributed by atoms with E-state index in [2.05, 4.69) is 50.2 Å². The minimum atomic E-state index is -0.0955. The van der Waals surface area contributed by atoms with E-state index in [1.54, 1.807) is 0 Å². The Labute approximate surface area is 175 Å². The van der Waals surface area contributed by atoms with Crippen molar-refractivity contribution in [3.63, 3.8) is 0 Å². The quantitative estimate of drug-likeness (QED) is 0.301. The number of esters is 1. The van der Waals surface area contributed by atoms with E-state index in [0.29, 0.717) is 0 Å². The molecule has 1 heterocycles. The maximum atomic E-state index is 12.1. The first-order valence-corrected chi connectivity index (χ1v) is 11.2. The van der Waals surface area contributed by atoms with E-state index in [1.807, 2.05) is 12.1 Å². The van der Waals surface area contributed by atoms with Crippen LogP contribution in [-0.2, 0) is 9.53 Å². The fraction of sp³-hybridized carbons (Fsp3) is 0.500. The Morgan fingerprint density at radius 2 is 1.52 bits per heavy atom. The average molecular weight is 395 g/mol. The molecule has 0 radical (unpaired) electrons. The van der Waals surface area contributed by atoms with Gasteiger partial charge in [-0.05, 0) is 41.7 Å².